The molecule has 1 amide bonds. The lowest BCUT2D eigenvalue weighted by molar-refractivity contribution is -0.121. The average molecular weight is 339 g/mol. The van der Waals surface area contributed by atoms with Crippen molar-refractivity contribution in [3.63, 3.8) is 0 Å². The quantitative estimate of drug-likeness (QED) is 0.611. The number of hydrogen-bond acceptors (Lipinski definition) is 4. The fourth-order valence-corrected chi connectivity index (χ4v) is 2.33. The number of carbonyl (C=O) groups excluding carboxylic acids is 1. The third-order valence-corrected chi connectivity index (χ3v) is 3.65. The lowest BCUT2D eigenvalue weighted by Gasteiger charge is -2.05. The molecule has 0 atom stereocenters. The Balaban J connectivity index is 1.52. The highest BCUT2D eigenvalue weighted by Crippen LogP contribution is 2.16. The van der Waals surface area contributed by atoms with Crippen LogP contribution in [0.15, 0.2) is 58.3 Å². The fourth-order valence-electron chi connectivity index (χ4n) is 2.33. The van der Waals surface area contributed by atoms with E-state index in [9.17, 15) is 14.4 Å². The maximum Gasteiger partial charge on any atom is 0.328 e. The Kier molecular flexibility index (Phi) is 4.89. The minimum Gasteiger partial charge on any atom is -0.350 e. The molecule has 1 aromatic carbocycles. The molecule has 0 aliphatic heterocycles. The summed E-state index contributed by atoms with van der Waals surface area (Å²) in [5.41, 5.74) is 1.60. The van der Waals surface area contributed by atoms with Gasteiger partial charge in [-0.1, -0.05) is 30.3 Å². The molecule has 0 spiro atoms. The van der Waals surface area contributed by atoms with Gasteiger partial charge in [0.2, 0.25) is 5.91 Å². The molecular formula is C17H17N5O3. The number of nitrogens with one attached hydrogen (secondary N) is 3. The molecule has 0 radical (unpaired) electrons. The summed E-state index contributed by atoms with van der Waals surface area (Å²) < 4.78 is 1.28. The lowest BCUT2D eigenvalue weighted by Crippen LogP contribution is -2.31. The number of benzene rings is 1. The predicted molar refractivity (Wildman–Crippen MR) is 91.8 cm³/mol. The molecule has 0 aliphatic carbocycles. The second kappa shape index (κ2) is 7.43. The van der Waals surface area contributed by atoms with Crippen molar-refractivity contribution >= 4 is 5.91 Å². The van der Waals surface area contributed by atoms with E-state index in [1.807, 2.05) is 36.4 Å². The number of aromatic amines is 2. The highest BCUT2D eigenvalue weighted by atomic mass is 16.2. The van der Waals surface area contributed by atoms with Crippen molar-refractivity contribution in [1.29, 1.82) is 0 Å². The van der Waals surface area contributed by atoms with Gasteiger partial charge in [-0.15, -0.1) is 0 Å². The molecule has 0 fully saturated rings. The lowest BCUT2D eigenvalue weighted by atomic mass is 10.1. The number of aromatic nitrogens is 4. The van der Waals surface area contributed by atoms with Crippen molar-refractivity contribution < 1.29 is 4.79 Å². The molecule has 0 saturated carbocycles. The van der Waals surface area contributed by atoms with Crippen molar-refractivity contribution in [1.82, 2.24) is 25.1 Å². The van der Waals surface area contributed by atoms with Crippen LogP contribution < -0.4 is 16.6 Å². The van der Waals surface area contributed by atoms with Crippen LogP contribution in [0.3, 0.4) is 0 Å². The molecule has 2 heterocycles. The number of hydrogen-bond donors (Lipinski definition) is 3. The summed E-state index contributed by atoms with van der Waals surface area (Å²) in [6, 6.07) is 12.8. The summed E-state index contributed by atoms with van der Waals surface area (Å²) in [7, 11) is 0. The zero-order valence-electron chi connectivity index (χ0n) is 13.4. The fraction of sp³-hybridized carbons (Fsp3) is 0.176. The van der Waals surface area contributed by atoms with Crippen LogP contribution in [0.4, 0.5) is 0 Å². The Morgan fingerprint density at radius 3 is 2.72 bits per heavy atom. The number of H-pyrrole nitrogens is 2. The second-order valence-corrected chi connectivity index (χ2v) is 5.47. The summed E-state index contributed by atoms with van der Waals surface area (Å²) in [5.74, 6) is -0.200. The smallest absolute Gasteiger partial charge is 0.328 e. The van der Waals surface area contributed by atoms with Gasteiger partial charge in [0, 0.05) is 30.8 Å². The van der Waals surface area contributed by atoms with E-state index in [0.717, 1.165) is 17.0 Å². The van der Waals surface area contributed by atoms with Gasteiger partial charge in [0.15, 0.2) is 0 Å². The molecule has 0 saturated heterocycles. The van der Waals surface area contributed by atoms with Gasteiger partial charge in [-0.05, 0) is 6.07 Å². The van der Waals surface area contributed by atoms with Crippen LogP contribution in [0.2, 0.25) is 0 Å². The first kappa shape index (κ1) is 16.4. The van der Waals surface area contributed by atoms with Crippen LogP contribution >= 0.6 is 0 Å². The van der Waals surface area contributed by atoms with E-state index in [1.54, 1.807) is 0 Å². The van der Waals surface area contributed by atoms with Crippen molar-refractivity contribution in [2.45, 2.75) is 19.5 Å². The van der Waals surface area contributed by atoms with E-state index < -0.39 is 11.2 Å². The average Bonchev–Trinajstić information content (AvgIpc) is 3.09. The first-order chi connectivity index (χ1) is 12.1. The molecule has 3 N–H and O–H groups in total. The molecule has 128 valence electrons. The topological polar surface area (TPSA) is 113 Å². The van der Waals surface area contributed by atoms with E-state index in [1.165, 1.54) is 16.8 Å². The largest absolute Gasteiger partial charge is 0.350 e. The molecule has 8 nitrogen and oxygen atoms in total. The molecule has 8 heteroatoms. The molecular weight excluding hydrogens is 322 g/mol. The van der Waals surface area contributed by atoms with Crippen molar-refractivity contribution in [3.8, 4) is 11.3 Å². The summed E-state index contributed by atoms with van der Waals surface area (Å²) >= 11 is 0. The molecule has 0 bridgehead atoms. The van der Waals surface area contributed by atoms with Gasteiger partial charge in [-0.2, -0.15) is 5.10 Å². The SMILES string of the molecule is O=C(CCn1ccc(=O)[nH]c1=O)NCc1cc(-c2ccccc2)n[nH]1. The monoisotopic (exact) mass is 339 g/mol. The maximum absolute atomic E-state index is 11.9. The highest BCUT2D eigenvalue weighted by molar-refractivity contribution is 5.75. The number of rotatable bonds is 6. The van der Waals surface area contributed by atoms with E-state index in [-0.39, 0.29) is 18.9 Å². The van der Waals surface area contributed by atoms with Crippen LogP contribution in [0.25, 0.3) is 11.3 Å². The maximum atomic E-state index is 11.9. The van der Waals surface area contributed by atoms with Crippen LogP contribution in [-0.4, -0.2) is 25.7 Å². The van der Waals surface area contributed by atoms with Gasteiger partial charge in [0.1, 0.15) is 0 Å². The zero-order chi connectivity index (χ0) is 17.6. The van der Waals surface area contributed by atoms with Crippen molar-refractivity contribution in [3.05, 3.63) is 75.2 Å². The van der Waals surface area contributed by atoms with E-state index in [2.05, 4.69) is 20.5 Å². The van der Waals surface area contributed by atoms with Crippen LogP contribution in [0.1, 0.15) is 12.1 Å². The third kappa shape index (κ3) is 4.31. The van der Waals surface area contributed by atoms with Gasteiger partial charge >= 0.3 is 5.69 Å². The predicted octanol–water partition coefficient (Wildman–Crippen LogP) is 0.633. The molecule has 0 aliphatic rings. The Hall–Kier alpha value is -3.42. The van der Waals surface area contributed by atoms with Gasteiger partial charge in [0.05, 0.1) is 17.9 Å². The standard InChI is InChI=1S/C17H17N5O3/c23-15(6-8-22-9-7-16(24)19-17(22)25)18-11-13-10-14(21-20-13)12-4-2-1-3-5-12/h1-5,7,9-10H,6,8,11H2,(H,18,23)(H,20,21)(H,19,24,25). The minimum absolute atomic E-state index is 0.131. The number of nitrogens with zero attached hydrogens (tertiary/aromatic N) is 2. The van der Waals surface area contributed by atoms with Gasteiger partial charge in [-0.25, -0.2) is 4.79 Å². The molecule has 2 aromatic heterocycles. The summed E-state index contributed by atoms with van der Waals surface area (Å²) in [5, 5.41) is 9.88. The zero-order valence-corrected chi connectivity index (χ0v) is 13.4. The van der Waals surface area contributed by atoms with Gasteiger partial charge in [-0.3, -0.25) is 19.7 Å². The molecule has 0 unspecified atom stereocenters. The van der Waals surface area contributed by atoms with E-state index in [4.69, 9.17) is 0 Å². The summed E-state index contributed by atoms with van der Waals surface area (Å²) in [6.45, 7) is 0.513. The Morgan fingerprint density at radius 1 is 1.16 bits per heavy atom. The van der Waals surface area contributed by atoms with Crippen LogP contribution in [-0.2, 0) is 17.9 Å². The number of aryl methyl sites for hydroxylation is 1. The first-order valence-corrected chi connectivity index (χ1v) is 7.78. The minimum atomic E-state index is -0.527. The van der Waals surface area contributed by atoms with E-state index in [0.29, 0.717) is 6.54 Å². The second-order valence-electron chi connectivity index (χ2n) is 5.47. The summed E-state index contributed by atoms with van der Waals surface area (Å²) in [6.07, 6.45) is 1.50. The normalized spacial score (nSPS) is 10.6. The van der Waals surface area contributed by atoms with Gasteiger partial charge in [0.25, 0.3) is 5.56 Å². The van der Waals surface area contributed by atoms with Crippen LogP contribution in [0, 0.1) is 0 Å². The first-order valence-electron chi connectivity index (χ1n) is 7.78. The number of amides is 1. The van der Waals surface area contributed by atoms with Crippen LogP contribution in [0.5, 0.6) is 0 Å². The Morgan fingerprint density at radius 2 is 1.96 bits per heavy atom. The molecule has 3 aromatic rings. The Bertz CT molecular complexity index is 971. The summed E-state index contributed by atoms with van der Waals surface area (Å²) in [4.78, 5) is 36.6. The third-order valence-electron chi connectivity index (χ3n) is 3.65. The van der Waals surface area contributed by atoms with Crippen molar-refractivity contribution in [2.75, 3.05) is 0 Å². The van der Waals surface area contributed by atoms with Gasteiger partial charge < -0.3 is 9.88 Å². The molecule has 25 heavy (non-hydrogen) atoms. The Labute approximate surface area is 142 Å². The van der Waals surface area contributed by atoms with Crippen molar-refractivity contribution in [2.24, 2.45) is 0 Å². The molecule has 3 rings (SSSR count). The van der Waals surface area contributed by atoms with E-state index >= 15 is 0 Å². The number of carbonyl (C=O) groups is 1. The highest BCUT2D eigenvalue weighted by Gasteiger charge is 2.06.